The Balaban J connectivity index is 2.03. The first kappa shape index (κ1) is 14.8. The fraction of sp³-hybridized carbons (Fsp3) is 0.714. The lowest BCUT2D eigenvalue weighted by Gasteiger charge is -2.30. The maximum absolute atomic E-state index is 9.45. The molecule has 3 N–H and O–H groups in total. The molecule has 0 bridgehead atoms. The molecule has 0 spiro atoms. The maximum atomic E-state index is 9.45. The van der Waals surface area contributed by atoms with Gasteiger partial charge < -0.3 is 20.5 Å². The molecule has 6 heteroatoms. The van der Waals surface area contributed by atoms with Gasteiger partial charge in [0.2, 0.25) is 5.75 Å². The van der Waals surface area contributed by atoms with Gasteiger partial charge in [0.1, 0.15) is 6.33 Å². The Kier molecular flexibility index (Phi) is 5.40. The lowest BCUT2D eigenvalue weighted by Crippen LogP contribution is -2.29. The fourth-order valence-corrected chi connectivity index (χ4v) is 2.89. The third-order valence-electron chi connectivity index (χ3n) is 4.08. The van der Waals surface area contributed by atoms with Crippen LogP contribution in [0.2, 0.25) is 0 Å². The number of anilines is 2. The number of aromatic nitrogens is 2. The van der Waals surface area contributed by atoms with Gasteiger partial charge in [0.05, 0.1) is 7.11 Å². The molecular weight excluding hydrogens is 256 g/mol. The van der Waals surface area contributed by atoms with E-state index in [1.165, 1.54) is 19.2 Å². The summed E-state index contributed by atoms with van der Waals surface area (Å²) < 4.78 is 5.36. The number of methoxy groups -OCH3 is 1. The number of aliphatic hydroxyl groups excluding tert-OH is 1. The van der Waals surface area contributed by atoms with E-state index in [0.717, 1.165) is 19.4 Å². The first-order valence-corrected chi connectivity index (χ1v) is 7.21. The number of hydrogen-bond acceptors (Lipinski definition) is 6. The summed E-state index contributed by atoms with van der Waals surface area (Å²) in [6.45, 7) is 1.08. The van der Waals surface area contributed by atoms with Crippen LogP contribution in [-0.2, 0) is 0 Å². The standard InChI is InChI=1S/C14H24N4O2/c1-15-13-12(20-2)14(18-9-17-13)16-7-10-5-3-4-6-11(10)8-19/h9-11,19H,3-8H2,1-2H3,(H2,15,16,17,18). The van der Waals surface area contributed by atoms with Crippen LogP contribution in [0.4, 0.5) is 11.6 Å². The molecule has 6 nitrogen and oxygen atoms in total. The second kappa shape index (κ2) is 7.28. The van der Waals surface area contributed by atoms with Gasteiger partial charge in [-0.15, -0.1) is 0 Å². The summed E-state index contributed by atoms with van der Waals surface area (Å²) in [5.74, 6) is 2.90. The number of nitrogens with one attached hydrogen (secondary N) is 2. The number of hydrogen-bond donors (Lipinski definition) is 3. The van der Waals surface area contributed by atoms with Crippen molar-refractivity contribution in [3.05, 3.63) is 6.33 Å². The summed E-state index contributed by atoms with van der Waals surface area (Å²) in [5, 5.41) is 15.8. The molecule has 1 aliphatic carbocycles. The Labute approximate surface area is 120 Å². The Morgan fingerprint density at radius 2 is 1.95 bits per heavy atom. The smallest absolute Gasteiger partial charge is 0.204 e. The van der Waals surface area contributed by atoms with E-state index in [2.05, 4.69) is 20.6 Å². The quantitative estimate of drug-likeness (QED) is 0.736. The van der Waals surface area contributed by atoms with E-state index in [4.69, 9.17) is 4.74 Å². The van der Waals surface area contributed by atoms with Crippen LogP contribution >= 0.6 is 0 Å². The summed E-state index contributed by atoms with van der Waals surface area (Å²) in [7, 11) is 3.42. The van der Waals surface area contributed by atoms with Gasteiger partial charge in [-0.3, -0.25) is 0 Å². The zero-order chi connectivity index (χ0) is 14.4. The van der Waals surface area contributed by atoms with Gasteiger partial charge in [-0.05, 0) is 24.7 Å². The molecule has 0 radical (unpaired) electrons. The highest BCUT2D eigenvalue weighted by molar-refractivity contribution is 5.63. The fourth-order valence-electron chi connectivity index (χ4n) is 2.89. The van der Waals surface area contributed by atoms with E-state index in [0.29, 0.717) is 29.2 Å². The third-order valence-corrected chi connectivity index (χ3v) is 4.08. The van der Waals surface area contributed by atoms with E-state index >= 15 is 0 Å². The largest absolute Gasteiger partial charge is 0.490 e. The van der Waals surface area contributed by atoms with Crippen LogP contribution in [0.5, 0.6) is 5.75 Å². The molecule has 20 heavy (non-hydrogen) atoms. The normalized spacial score (nSPS) is 22.4. The van der Waals surface area contributed by atoms with Gasteiger partial charge in [-0.1, -0.05) is 12.8 Å². The van der Waals surface area contributed by atoms with Crippen molar-refractivity contribution in [2.75, 3.05) is 37.9 Å². The molecular formula is C14H24N4O2. The number of nitrogens with zero attached hydrogens (tertiary/aromatic N) is 2. The van der Waals surface area contributed by atoms with Gasteiger partial charge in [-0.2, -0.15) is 0 Å². The van der Waals surface area contributed by atoms with Gasteiger partial charge in [0.15, 0.2) is 11.6 Å². The summed E-state index contributed by atoms with van der Waals surface area (Å²) in [5.41, 5.74) is 0. The van der Waals surface area contributed by atoms with Crippen LogP contribution in [0.1, 0.15) is 25.7 Å². The van der Waals surface area contributed by atoms with Crippen LogP contribution in [-0.4, -0.2) is 42.4 Å². The molecule has 1 heterocycles. The van der Waals surface area contributed by atoms with E-state index in [1.54, 1.807) is 14.2 Å². The Bertz CT molecular complexity index is 428. The monoisotopic (exact) mass is 280 g/mol. The molecule has 1 aliphatic rings. The highest BCUT2D eigenvalue weighted by Gasteiger charge is 2.24. The minimum Gasteiger partial charge on any atom is -0.490 e. The molecule has 0 amide bonds. The van der Waals surface area contributed by atoms with Crippen molar-refractivity contribution in [2.45, 2.75) is 25.7 Å². The second-order valence-electron chi connectivity index (χ2n) is 5.22. The Morgan fingerprint density at radius 1 is 1.25 bits per heavy atom. The molecule has 1 saturated carbocycles. The van der Waals surface area contributed by atoms with Gasteiger partial charge in [0, 0.05) is 20.2 Å². The zero-order valence-corrected chi connectivity index (χ0v) is 12.2. The number of ether oxygens (including phenoxy) is 1. The van der Waals surface area contributed by atoms with Crippen LogP contribution < -0.4 is 15.4 Å². The average molecular weight is 280 g/mol. The van der Waals surface area contributed by atoms with Gasteiger partial charge >= 0.3 is 0 Å². The lowest BCUT2D eigenvalue weighted by atomic mass is 9.79. The first-order valence-electron chi connectivity index (χ1n) is 7.21. The van der Waals surface area contributed by atoms with Gasteiger partial charge in [0.25, 0.3) is 0 Å². The van der Waals surface area contributed by atoms with E-state index in [1.807, 2.05) is 0 Å². The van der Waals surface area contributed by atoms with Crippen molar-refractivity contribution in [3.63, 3.8) is 0 Å². The minimum atomic E-state index is 0.273. The summed E-state index contributed by atoms with van der Waals surface area (Å²) >= 11 is 0. The molecule has 1 aromatic rings. The predicted molar refractivity (Wildman–Crippen MR) is 79.2 cm³/mol. The molecule has 1 aromatic heterocycles. The summed E-state index contributed by atoms with van der Waals surface area (Å²) in [6.07, 6.45) is 6.26. The minimum absolute atomic E-state index is 0.273. The Morgan fingerprint density at radius 3 is 2.60 bits per heavy atom. The van der Waals surface area contributed by atoms with Crippen molar-refractivity contribution < 1.29 is 9.84 Å². The zero-order valence-electron chi connectivity index (χ0n) is 12.2. The van der Waals surface area contributed by atoms with Gasteiger partial charge in [-0.25, -0.2) is 9.97 Å². The van der Waals surface area contributed by atoms with Crippen LogP contribution in [0.25, 0.3) is 0 Å². The van der Waals surface area contributed by atoms with Crippen molar-refractivity contribution in [1.29, 1.82) is 0 Å². The summed E-state index contributed by atoms with van der Waals surface area (Å²) in [6, 6.07) is 0. The first-order chi connectivity index (χ1) is 9.80. The Hall–Kier alpha value is -1.56. The van der Waals surface area contributed by atoms with Crippen LogP contribution in [0.3, 0.4) is 0 Å². The molecule has 2 unspecified atom stereocenters. The second-order valence-corrected chi connectivity index (χ2v) is 5.22. The van der Waals surface area contributed by atoms with Crippen LogP contribution in [0, 0.1) is 11.8 Å². The van der Waals surface area contributed by atoms with E-state index in [9.17, 15) is 5.11 Å². The van der Waals surface area contributed by atoms with E-state index < -0.39 is 0 Å². The van der Waals surface area contributed by atoms with Crippen molar-refractivity contribution in [3.8, 4) is 5.75 Å². The highest BCUT2D eigenvalue weighted by atomic mass is 16.5. The SMILES string of the molecule is CNc1ncnc(NCC2CCCCC2CO)c1OC. The summed E-state index contributed by atoms with van der Waals surface area (Å²) in [4.78, 5) is 8.37. The molecule has 112 valence electrons. The lowest BCUT2D eigenvalue weighted by molar-refractivity contribution is 0.141. The predicted octanol–water partition coefficient (Wildman–Crippen LogP) is 1.74. The molecule has 0 saturated heterocycles. The molecule has 0 aliphatic heterocycles. The van der Waals surface area contributed by atoms with Crippen molar-refractivity contribution >= 4 is 11.6 Å². The topological polar surface area (TPSA) is 79.3 Å². The average Bonchev–Trinajstić information content (AvgIpc) is 2.52. The number of aliphatic hydroxyl groups is 1. The van der Waals surface area contributed by atoms with Crippen molar-refractivity contribution in [2.24, 2.45) is 11.8 Å². The molecule has 2 atom stereocenters. The maximum Gasteiger partial charge on any atom is 0.204 e. The molecule has 1 fully saturated rings. The third kappa shape index (κ3) is 3.30. The molecule has 2 rings (SSSR count). The van der Waals surface area contributed by atoms with E-state index in [-0.39, 0.29) is 6.61 Å². The number of rotatable bonds is 6. The van der Waals surface area contributed by atoms with Crippen LogP contribution in [0.15, 0.2) is 6.33 Å². The highest BCUT2D eigenvalue weighted by Crippen LogP contribution is 2.32. The van der Waals surface area contributed by atoms with Crippen molar-refractivity contribution in [1.82, 2.24) is 9.97 Å². The molecule has 0 aromatic carbocycles.